The minimum atomic E-state index is -0.0181. The molecule has 1 aliphatic rings. The average Bonchev–Trinajstić information content (AvgIpc) is 2.61. The standard InChI is InChI=1S/C14H26N2O2/c1-5-13(17)16-9-7-6-8-12(10-16)14(18)15(4)11(2)3/h11-12H,5-10H2,1-4H3. The number of rotatable bonds is 3. The predicted octanol–water partition coefficient (Wildman–Crippen LogP) is 1.89. The van der Waals surface area contributed by atoms with E-state index in [0.717, 1.165) is 25.8 Å². The Labute approximate surface area is 110 Å². The normalized spacial score (nSPS) is 20.7. The van der Waals surface area contributed by atoms with Crippen LogP contribution in [0.4, 0.5) is 0 Å². The maximum atomic E-state index is 12.3. The highest BCUT2D eigenvalue weighted by Crippen LogP contribution is 2.19. The Hall–Kier alpha value is -1.06. The van der Waals surface area contributed by atoms with Crippen molar-refractivity contribution in [1.29, 1.82) is 0 Å². The average molecular weight is 254 g/mol. The fourth-order valence-electron chi connectivity index (χ4n) is 2.34. The van der Waals surface area contributed by atoms with Crippen molar-refractivity contribution < 1.29 is 9.59 Å². The number of amides is 2. The van der Waals surface area contributed by atoms with Crippen LogP contribution in [0.25, 0.3) is 0 Å². The molecule has 0 N–H and O–H groups in total. The van der Waals surface area contributed by atoms with Crippen LogP contribution in [-0.2, 0) is 9.59 Å². The first-order valence-electron chi connectivity index (χ1n) is 7.01. The predicted molar refractivity (Wildman–Crippen MR) is 72.1 cm³/mol. The molecule has 4 nitrogen and oxygen atoms in total. The monoisotopic (exact) mass is 254 g/mol. The van der Waals surface area contributed by atoms with Crippen molar-refractivity contribution in [2.24, 2.45) is 5.92 Å². The van der Waals surface area contributed by atoms with Crippen LogP contribution >= 0.6 is 0 Å². The summed E-state index contributed by atoms with van der Waals surface area (Å²) in [7, 11) is 1.85. The fourth-order valence-corrected chi connectivity index (χ4v) is 2.34. The van der Waals surface area contributed by atoms with Gasteiger partial charge >= 0.3 is 0 Å². The van der Waals surface area contributed by atoms with Gasteiger partial charge in [0.15, 0.2) is 0 Å². The second-order valence-corrected chi connectivity index (χ2v) is 5.43. The molecule has 0 bridgehead atoms. The molecule has 0 saturated carbocycles. The van der Waals surface area contributed by atoms with E-state index in [0.29, 0.717) is 13.0 Å². The second-order valence-electron chi connectivity index (χ2n) is 5.43. The zero-order valence-corrected chi connectivity index (χ0v) is 12.1. The fraction of sp³-hybridized carbons (Fsp3) is 0.857. The van der Waals surface area contributed by atoms with Crippen molar-refractivity contribution in [3.05, 3.63) is 0 Å². The van der Waals surface area contributed by atoms with Crippen molar-refractivity contribution in [3.8, 4) is 0 Å². The molecule has 0 radical (unpaired) electrons. The van der Waals surface area contributed by atoms with Gasteiger partial charge < -0.3 is 9.80 Å². The molecule has 2 amide bonds. The Morgan fingerprint density at radius 3 is 2.56 bits per heavy atom. The van der Waals surface area contributed by atoms with Crippen LogP contribution < -0.4 is 0 Å². The summed E-state index contributed by atoms with van der Waals surface area (Å²) in [5, 5.41) is 0. The number of carbonyl (C=O) groups is 2. The van der Waals surface area contributed by atoms with Gasteiger partial charge in [-0.1, -0.05) is 13.3 Å². The molecule has 0 aromatic rings. The largest absolute Gasteiger partial charge is 0.343 e. The lowest BCUT2D eigenvalue weighted by molar-refractivity contribution is -0.138. The van der Waals surface area contributed by atoms with Crippen LogP contribution in [0.1, 0.15) is 46.5 Å². The summed E-state index contributed by atoms with van der Waals surface area (Å²) in [5.74, 6) is 0.332. The van der Waals surface area contributed by atoms with E-state index in [1.54, 1.807) is 4.90 Å². The molecule has 104 valence electrons. The molecule has 18 heavy (non-hydrogen) atoms. The summed E-state index contributed by atoms with van der Waals surface area (Å²) in [6.45, 7) is 7.32. The zero-order valence-electron chi connectivity index (χ0n) is 12.1. The summed E-state index contributed by atoms with van der Waals surface area (Å²) in [6.07, 6.45) is 3.49. The number of hydrogen-bond donors (Lipinski definition) is 0. The molecule has 1 fully saturated rings. The quantitative estimate of drug-likeness (QED) is 0.771. The zero-order chi connectivity index (χ0) is 13.7. The molecule has 0 spiro atoms. The third-order valence-electron chi connectivity index (χ3n) is 3.80. The van der Waals surface area contributed by atoms with Crippen LogP contribution in [-0.4, -0.2) is 47.8 Å². The van der Waals surface area contributed by atoms with Crippen molar-refractivity contribution in [3.63, 3.8) is 0 Å². The van der Waals surface area contributed by atoms with E-state index in [1.165, 1.54) is 0 Å². The third-order valence-corrected chi connectivity index (χ3v) is 3.80. The van der Waals surface area contributed by atoms with E-state index in [1.807, 2.05) is 32.7 Å². The molecule has 1 saturated heterocycles. The van der Waals surface area contributed by atoms with Gasteiger partial charge in [-0.25, -0.2) is 0 Å². The lowest BCUT2D eigenvalue weighted by Crippen LogP contribution is -2.43. The van der Waals surface area contributed by atoms with Crippen molar-refractivity contribution >= 4 is 11.8 Å². The van der Waals surface area contributed by atoms with Gasteiger partial charge in [0.2, 0.25) is 11.8 Å². The molecular weight excluding hydrogens is 228 g/mol. The van der Waals surface area contributed by atoms with Crippen molar-refractivity contribution in [2.45, 2.75) is 52.5 Å². The molecule has 0 aliphatic carbocycles. The Balaban J connectivity index is 2.69. The molecule has 0 aromatic heterocycles. The third kappa shape index (κ3) is 3.72. The SMILES string of the molecule is CCC(=O)N1CCCCC(C(=O)N(C)C(C)C)C1. The molecule has 1 unspecified atom stereocenters. The van der Waals surface area contributed by atoms with Gasteiger partial charge in [-0.3, -0.25) is 9.59 Å². The summed E-state index contributed by atoms with van der Waals surface area (Å²) in [6, 6.07) is 0.219. The molecule has 0 aromatic carbocycles. The van der Waals surface area contributed by atoms with Gasteiger partial charge in [-0.2, -0.15) is 0 Å². The Bertz CT molecular complexity index is 302. The number of hydrogen-bond acceptors (Lipinski definition) is 2. The lowest BCUT2D eigenvalue weighted by Gasteiger charge is -2.29. The van der Waals surface area contributed by atoms with Crippen molar-refractivity contribution in [1.82, 2.24) is 9.80 Å². The first-order valence-corrected chi connectivity index (χ1v) is 7.01. The summed E-state index contributed by atoms with van der Waals surface area (Å²) >= 11 is 0. The minimum absolute atomic E-state index is 0.0181. The molecule has 1 aliphatic heterocycles. The van der Waals surface area contributed by atoms with Crippen LogP contribution in [0.3, 0.4) is 0 Å². The molecule has 1 heterocycles. The minimum Gasteiger partial charge on any atom is -0.343 e. The van der Waals surface area contributed by atoms with Gasteiger partial charge in [-0.15, -0.1) is 0 Å². The summed E-state index contributed by atoms with van der Waals surface area (Å²) < 4.78 is 0. The van der Waals surface area contributed by atoms with Gasteiger partial charge in [0.05, 0.1) is 5.92 Å². The Kier molecular flexibility index (Phi) is 5.63. The number of nitrogens with zero attached hydrogens (tertiary/aromatic N) is 2. The van der Waals surface area contributed by atoms with E-state index in [4.69, 9.17) is 0 Å². The van der Waals surface area contributed by atoms with Crippen LogP contribution in [0, 0.1) is 5.92 Å². The van der Waals surface area contributed by atoms with Crippen LogP contribution in [0.5, 0.6) is 0 Å². The molecular formula is C14H26N2O2. The highest BCUT2D eigenvalue weighted by atomic mass is 16.2. The Morgan fingerprint density at radius 1 is 1.33 bits per heavy atom. The first-order chi connectivity index (χ1) is 8.47. The Morgan fingerprint density at radius 2 is 2.00 bits per heavy atom. The maximum Gasteiger partial charge on any atom is 0.227 e. The number of likely N-dealkylation sites (tertiary alicyclic amines) is 1. The van der Waals surface area contributed by atoms with E-state index < -0.39 is 0 Å². The lowest BCUT2D eigenvalue weighted by atomic mass is 10.0. The molecule has 1 rings (SSSR count). The van der Waals surface area contributed by atoms with E-state index in [2.05, 4.69) is 0 Å². The highest BCUT2D eigenvalue weighted by Gasteiger charge is 2.28. The summed E-state index contributed by atoms with van der Waals surface area (Å²) in [5.41, 5.74) is 0. The first kappa shape index (κ1) is 15.0. The summed E-state index contributed by atoms with van der Waals surface area (Å²) in [4.78, 5) is 27.8. The van der Waals surface area contributed by atoms with E-state index in [9.17, 15) is 9.59 Å². The number of carbonyl (C=O) groups excluding carboxylic acids is 2. The molecule has 4 heteroatoms. The van der Waals surface area contributed by atoms with Gasteiger partial charge in [-0.05, 0) is 26.7 Å². The maximum absolute atomic E-state index is 12.3. The smallest absolute Gasteiger partial charge is 0.227 e. The van der Waals surface area contributed by atoms with E-state index >= 15 is 0 Å². The van der Waals surface area contributed by atoms with Crippen molar-refractivity contribution in [2.75, 3.05) is 20.1 Å². The van der Waals surface area contributed by atoms with Crippen LogP contribution in [0.15, 0.2) is 0 Å². The second kappa shape index (κ2) is 6.76. The topological polar surface area (TPSA) is 40.6 Å². The van der Waals surface area contributed by atoms with E-state index in [-0.39, 0.29) is 23.8 Å². The van der Waals surface area contributed by atoms with Gasteiger partial charge in [0.25, 0.3) is 0 Å². The van der Waals surface area contributed by atoms with Gasteiger partial charge in [0, 0.05) is 32.6 Å². The highest BCUT2D eigenvalue weighted by molar-refractivity contribution is 5.81. The molecule has 1 atom stereocenters. The van der Waals surface area contributed by atoms with Crippen LogP contribution in [0.2, 0.25) is 0 Å². The van der Waals surface area contributed by atoms with Gasteiger partial charge in [0.1, 0.15) is 0 Å².